The normalized spacial score (nSPS) is 8.69. The van der Waals surface area contributed by atoms with E-state index in [1.54, 1.807) is 0 Å². The van der Waals surface area contributed by atoms with Crippen LogP contribution in [0.2, 0.25) is 0 Å². The summed E-state index contributed by atoms with van der Waals surface area (Å²) in [6.07, 6.45) is 0. The summed E-state index contributed by atoms with van der Waals surface area (Å²) >= 11 is 0. The Morgan fingerprint density at radius 1 is 1.31 bits per heavy atom. The fourth-order valence-electron chi connectivity index (χ4n) is 0.976. The number of hydrogen-bond acceptors (Lipinski definition) is 4. The Bertz CT molecular complexity index is 388. The molecule has 0 unspecified atom stereocenters. The van der Waals surface area contributed by atoms with Crippen molar-refractivity contribution in [2.24, 2.45) is 0 Å². The number of methoxy groups -OCH3 is 1. The van der Waals surface area contributed by atoms with Gasteiger partial charge < -0.3 is 15.6 Å². The Hall–Kier alpha value is -2.04. The summed E-state index contributed by atoms with van der Waals surface area (Å²) in [6.45, 7) is 4.00. The van der Waals surface area contributed by atoms with Gasteiger partial charge in [-0.05, 0) is 18.2 Å². The maximum absolute atomic E-state index is 11.1. The summed E-state index contributed by atoms with van der Waals surface area (Å²) < 4.78 is 4.44. The molecular formula is C11H15NO4. The highest BCUT2D eigenvalue weighted by atomic mass is 16.5. The quantitative estimate of drug-likeness (QED) is 0.591. The van der Waals surface area contributed by atoms with Crippen molar-refractivity contribution in [3.05, 3.63) is 29.3 Å². The van der Waals surface area contributed by atoms with E-state index in [1.807, 2.05) is 13.8 Å². The first-order chi connectivity index (χ1) is 7.56. The van der Waals surface area contributed by atoms with E-state index in [0.29, 0.717) is 0 Å². The van der Waals surface area contributed by atoms with E-state index in [4.69, 9.17) is 10.8 Å². The van der Waals surface area contributed by atoms with Crippen LogP contribution in [-0.2, 0) is 4.74 Å². The van der Waals surface area contributed by atoms with Gasteiger partial charge in [-0.2, -0.15) is 0 Å². The fraction of sp³-hybridized carbons (Fsp3) is 0.273. The van der Waals surface area contributed by atoms with E-state index in [1.165, 1.54) is 25.3 Å². The maximum atomic E-state index is 11.1. The Labute approximate surface area is 93.8 Å². The molecule has 0 bridgehead atoms. The molecule has 0 aromatic heterocycles. The van der Waals surface area contributed by atoms with Gasteiger partial charge in [0.25, 0.3) is 0 Å². The first kappa shape index (κ1) is 14.0. The second kappa shape index (κ2) is 6.44. The summed E-state index contributed by atoms with van der Waals surface area (Å²) in [5.41, 5.74) is 5.73. The van der Waals surface area contributed by atoms with Gasteiger partial charge in [0.1, 0.15) is 0 Å². The second-order valence-electron chi connectivity index (χ2n) is 2.60. The van der Waals surface area contributed by atoms with Gasteiger partial charge in [-0.3, -0.25) is 0 Å². The van der Waals surface area contributed by atoms with Crippen LogP contribution in [0.1, 0.15) is 34.6 Å². The van der Waals surface area contributed by atoms with Crippen molar-refractivity contribution in [2.45, 2.75) is 13.8 Å². The van der Waals surface area contributed by atoms with Gasteiger partial charge in [-0.15, -0.1) is 0 Å². The summed E-state index contributed by atoms with van der Waals surface area (Å²) in [5, 5.41) is 8.66. The van der Waals surface area contributed by atoms with Crippen molar-refractivity contribution in [2.75, 3.05) is 12.8 Å². The number of nitrogen functional groups attached to an aromatic ring is 1. The molecule has 0 saturated carbocycles. The van der Waals surface area contributed by atoms with Crippen LogP contribution in [-0.4, -0.2) is 24.2 Å². The lowest BCUT2D eigenvalue weighted by atomic mass is 10.1. The van der Waals surface area contributed by atoms with Crippen LogP contribution in [0.25, 0.3) is 0 Å². The van der Waals surface area contributed by atoms with Crippen molar-refractivity contribution in [3.63, 3.8) is 0 Å². The van der Waals surface area contributed by atoms with Gasteiger partial charge in [-0.25, -0.2) is 9.59 Å². The molecule has 0 heterocycles. The maximum Gasteiger partial charge on any atom is 0.339 e. The molecule has 3 N–H and O–H groups in total. The second-order valence-corrected chi connectivity index (χ2v) is 2.60. The van der Waals surface area contributed by atoms with Crippen LogP contribution in [0.4, 0.5) is 5.69 Å². The molecule has 0 saturated heterocycles. The summed E-state index contributed by atoms with van der Waals surface area (Å²) in [5.74, 6) is -1.76. The molecule has 0 aliphatic carbocycles. The van der Waals surface area contributed by atoms with E-state index < -0.39 is 11.9 Å². The number of carboxylic acids is 1. The van der Waals surface area contributed by atoms with Crippen LogP contribution in [0.15, 0.2) is 18.2 Å². The van der Waals surface area contributed by atoms with Crippen LogP contribution >= 0.6 is 0 Å². The standard InChI is InChI=1S/C9H9NO4.C2H6/c1-14-9(13)6-4-5(8(11)12)2-3-7(6)10;1-2/h2-4H,10H2,1H3,(H,11,12);1-2H3. The predicted octanol–water partition coefficient (Wildman–Crippen LogP) is 1.78. The summed E-state index contributed by atoms with van der Waals surface area (Å²) in [7, 11) is 1.20. The van der Waals surface area contributed by atoms with Crippen LogP contribution in [0.3, 0.4) is 0 Å². The number of rotatable bonds is 2. The first-order valence-electron chi connectivity index (χ1n) is 4.77. The molecule has 0 aliphatic heterocycles. The van der Waals surface area contributed by atoms with Gasteiger partial charge in [0.05, 0.1) is 18.2 Å². The van der Waals surface area contributed by atoms with E-state index in [-0.39, 0.29) is 16.8 Å². The molecule has 0 atom stereocenters. The van der Waals surface area contributed by atoms with Gasteiger partial charge in [0.2, 0.25) is 0 Å². The number of anilines is 1. The molecule has 0 radical (unpaired) electrons. The SMILES string of the molecule is CC.COC(=O)c1cc(C(=O)O)ccc1N. The van der Waals surface area contributed by atoms with Gasteiger partial charge in [0, 0.05) is 5.69 Å². The van der Waals surface area contributed by atoms with Crippen LogP contribution in [0.5, 0.6) is 0 Å². The smallest absolute Gasteiger partial charge is 0.339 e. The summed E-state index contributed by atoms with van der Waals surface area (Å²) in [4.78, 5) is 21.7. The minimum Gasteiger partial charge on any atom is -0.478 e. The first-order valence-corrected chi connectivity index (χ1v) is 4.77. The lowest BCUT2D eigenvalue weighted by Gasteiger charge is -2.04. The molecule has 1 aromatic carbocycles. The number of nitrogens with two attached hydrogens (primary N) is 1. The molecule has 16 heavy (non-hydrogen) atoms. The highest BCUT2D eigenvalue weighted by Gasteiger charge is 2.12. The largest absolute Gasteiger partial charge is 0.478 e. The molecule has 0 fully saturated rings. The number of ether oxygens (including phenoxy) is 1. The fourth-order valence-corrected chi connectivity index (χ4v) is 0.976. The number of esters is 1. The number of benzene rings is 1. The average molecular weight is 225 g/mol. The molecule has 0 spiro atoms. The molecule has 88 valence electrons. The molecule has 0 amide bonds. The topological polar surface area (TPSA) is 89.6 Å². The Kier molecular flexibility index (Phi) is 5.62. The van der Waals surface area contributed by atoms with Crippen molar-refractivity contribution in [1.29, 1.82) is 0 Å². The molecular weight excluding hydrogens is 210 g/mol. The van der Waals surface area contributed by atoms with Crippen LogP contribution < -0.4 is 5.73 Å². The van der Waals surface area contributed by atoms with Gasteiger partial charge >= 0.3 is 11.9 Å². The molecule has 0 aliphatic rings. The van der Waals surface area contributed by atoms with E-state index in [2.05, 4.69) is 4.74 Å². The Morgan fingerprint density at radius 2 is 1.88 bits per heavy atom. The summed E-state index contributed by atoms with van der Waals surface area (Å²) in [6, 6.07) is 3.86. The zero-order chi connectivity index (χ0) is 12.7. The third-order valence-corrected chi connectivity index (χ3v) is 1.71. The number of carbonyl (C=O) groups excluding carboxylic acids is 1. The third-order valence-electron chi connectivity index (χ3n) is 1.71. The Balaban J connectivity index is 0.00000106. The van der Waals surface area contributed by atoms with Crippen LogP contribution in [0, 0.1) is 0 Å². The van der Waals surface area contributed by atoms with E-state index in [0.717, 1.165) is 0 Å². The predicted molar refractivity (Wildman–Crippen MR) is 60.5 cm³/mol. The van der Waals surface area contributed by atoms with E-state index in [9.17, 15) is 9.59 Å². The zero-order valence-electron chi connectivity index (χ0n) is 9.48. The minimum atomic E-state index is -1.12. The number of hydrogen-bond donors (Lipinski definition) is 2. The van der Waals surface area contributed by atoms with Crippen molar-refractivity contribution >= 4 is 17.6 Å². The molecule has 1 rings (SSSR count). The average Bonchev–Trinajstić information content (AvgIpc) is 2.31. The number of carboxylic acid groups (broad SMARTS) is 1. The number of aromatic carboxylic acids is 1. The highest BCUT2D eigenvalue weighted by Crippen LogP contribution is 2.15. The van der Waals surface area contributed by atoms with Crippen molar-refractivity contribution in [1.82, 2.24) is 0 Å². The molecule has 1 aromatic rings. The number of carbonyl (C=O) groups is 2. The van der Waals surface area contributed by atoms with Gasteiger partial charge in [-0.1, -0.05) is 13.8 Å². The highest BCUT2D eigenvalue weighted by molar-refractivity contribution is 5.98. The van der Waals surface area contributed by atoms with Crippen molar-refractivity contribution < 1.29 is 19.4 Å². The minimum absolute atomic E-state index is 0.000370. The lowest BCUT2D eigenvalue weighted by Crippen LogP contribution is -2.08. The van der Waals surface area contributed by atoms with E-state index >= 15 is 0 Å². The van der Waals surface area contributed by atoms with Gasteiger partial charge in [0.15, 0.2) is 0 Å². The Morgan fingerprint density at radius 3 is 2.31 bits per heavy atom. The monoisotopic (exact) mass is 225 g/mol. The third kappa shape index (κ3) is 3.27. The zero-order valence-corrected chi connectivity index (χ0v) is 9.48. The molecule has 5 nitrogen and oxygen atoms in total. The van der Waals surface area contributed by atoms with Crippen molar-refractivity contribution in [3.8, 4) is 0 Å². The molecule has 5 heteroatoms. The lowest BCUT2D eigenvalue weighted by molar-refractivity contribution is 0.0602.